The first kappa shape index (κ1) is 21.9. The standard InChI is InChI=1S/C24H18ClN5O3S/c1-13-9-18-19(29-30(28-18)15-7-8-21(32-2)16(25)11-15)12-17(13)26-24(34)27-23(31)22-10-14-5-3-4-6-20(14)33-22/h3-12H,1-2H3,(H2,26,27,31,34). The highest BCUT2D eigenvalue weighted by Gasteiger charge is 2.15. The van der Waals surface area contributed by atoms with Crippen LogP contribution in [0.5, 0.6) is 5.75 Å². The van der Waals surface area contributed by atoms with Crippen molar-refractivity contribution in [3.63, 3.8) is 0 Å². The highest BCUT2D eigenvalue weighted by atomic mass is 35.5. The molecule has 2 N–H and O–H groups in total. The lowest BCUT2D eigenvalue weighted by Gasteiger charge is -2.10. The molecule has 2 aromatic heterocycles. The van der Waals surface area contributed by atoms with Gasteiger partial charge in [-0.15, -0.1) is 10.2 Å². The van der Waals surface area contributed by atoms with Crippen molar-refractivity contribution in [3.05, 3.63) is 77.0 Å². The second-order valence-corrected chi connectivity index (χ2v) is 8.34. The van der Waals surface area contributed by atoms with Crippen molar-refractivity contribution in [2.75, 3.05) is 12.4 Å². The van der Waals surface area contributed by atoms with E-state index in [2.05, 4.69) is 20.8 Å². The number of methoxy groups -OCH3 is 1. The maximum Gasteiger partial charge on any atom is 0.293 e. The second kappa shape index (κ2) is 8.77. The molecule has 8 nitrogen and oxygen atoms in total. The number of ether oxygens (including phenoxy) is 1. The highest BCUT2D eigenvalue weighted by Crippen LogP contribution is 2.27. The third-order valence-corrected chi connectivity index (χ3v) is 5.72. The van der Waals surface area contributed by atoms with Gasteiger partial charge in [-0.05, 0) is 67.2 Å². The minimum Gasteiger partial charge on any atom is -0.495 e. The third-order valence-electron chi connectivity index (χ3n) is 5.22. The lowest BCUT2D eigenvalue weighted by molar-refractivity contribution is 0.0953. The fraction of sp³-hybridized carbons (Fsp3) is 0.0833. The number of aromatic nitrogens is 3. The first-order chi connectivity index (χ1) is 16.4. The fourth-order valence-corrected chi connectivity index (χ4v) is 3.96. The van der Waals surface area contributed by atoms with Gasteiger partial charge in [0.25, 0.3) is 5.91 Å². The Morgan fingerprint density at radius 3 is 2.59 bits per heavy atom. The topological polar surface area (TPSA) is 94.2 Å². The zero-order chi connectivity index (χ0) is 23.8. The van der Waals surface area contributed by atoms with Crippen LogP contribution in [0, 0.1) is 6.92 Å². The molecule has 0 atom stereocenters. The van der Waals surface area contributed by atoms with Crippen LogP contribution in [-0.4, -0.2) is 33.1 Å². The minimum atomic E-state index is -0.435. The Balaban J connectivity index is 1.35. The van der Waals surface area contributed by atoms with Crippen molar-refractivity contribution in [2.24, 2.45) is 0 Å². The summed E-state index contributed by atoms with van der Waals surface area (Å²) < 4.78 is 10.8. The molecule has 3 aromatic carbocycles. The molecule has 0 bridgehead atoms. The Morgan fingerprint density at radius 1 is 1.09 bits per heavy atom. The number of aryl methyl sites for hydroxylation is 1. The largest absolute Gasteiger partial charge is 0.495 e. The van der Waals surface area contributed by atoms with Crippen LogP contribution < -0.4 is 15.4 Å². The van der Waals surface area contributed by atoms with Crippen molar-refractivity contribution in [2.45, 2.75) is 6.92 Å². The van der Waals surface area contributed by atoms with E-state index in [9.17, 15) is 4.79 Å². The van der Waals surface area contributed by atoms with Crippen molar-refractivity contribution in [3.8, 4) is 11.4 Å². The fourth-order valence-electron chi connectivity index (χ4n) is 3.51. The number of nitrogens with zero attached hydrogens (tertiary/aromatic N) is 3. The molecule has 0 saturated carbocycles. The van der Waals surface area contributed by atoms with Gasteiger partial charge >= 0.3 is 0 Å². The van der Waals surface area contributed by atoms with Gasteiger partial charge in [-0.1, -0.05) is 29.8 Å². The molecule has 0 aliphatic heterocycles. The number of carbonyl (C=O) groups is 1. The monoisotopic (exact) mass is 491 g/mol. The SMILES string of the molecule is COc1ccc(-n2nc3cc(C)c(NC(=S)NC(=O)c4cc5ccccc5o4)cc3n2)cc1Cl. The normalized spacial score (nSPS) is 11.0. The summed E-state index contributed by atoms with van der Waals surface area (Å²) in [5, 5.41) is 16.2. The van der Waals surface area contributed by atoms with Gasteiger partial charge in [0.1, 0.15) is 22.4 Å². The molecule has 10 heteroatoms. The molecule has 5 aromatic rings. The lowest BCUT2D eigenvalue weighted by Crippen LogP contribution is -2.34. The molecule has 170 valence electrons. The van der Waals surface area contributed by atoms with Crippen LogP contribution in [-0.2, 0) is 0 Å². The molecule has 0 fully saturated rings. The molecule has 0 aliphatic carbocycles. The van der Waals surface area contributed by atoms with Gasteiger partial charge < -0.3 is 14.5 Å². The number of hydrogen-bond acceptors (Lipinski definition) is 6. The molecular weight excluding hydrogens is 474 g/mol. The molecular formula is C24H18ClN5O3S. The predicted molar refractivity (Wildman–Crippen MR) is 135 cm³/mol. The highest BCUT2D eigenvalue weighted by molar-refractivity contribution is 7.80. The Labute approximate surface area is 204 Å². The second-order valence-electron chi connectivity index (χ2n) is 7.52. The van der Waals surface area contributed by atoms with Gasteiger partial charge in [0.2, 0.25) is 0 Å². The van der Waals surface area contributed by atoms with Gasteiger partial charge in [-0.3, -0.25) is 10.1 Å². The smallest absolute Gasteiger partial charge is 0.293 e. The lowest BCUT2D eigenvalue weighted by atomic mass is 10.2. The number of nitrogens with one attached hydrogen (secondary N) is 2. The molecule has 0 radical (unpaired) electrons. The van der Waals surface area contributed by atoms with E-state index in [-0.39, 0.29) is 10.9 Å². The number of benzene rings is 3. The molecule has 2 heterocycles. The predicted octanol–water partition coefficient (Wildman–Crippen LogP) is 5.26. The zero-order valence-electron chi connectivity index (χ0n) is 18.1. The average molecular weight is 492 g/mol. The van der Waals surface area contributed by atoms with Crippen LogP contribution in [0.25, 0.3) is 27.7 Å². The Bertz CT molecular complexity index is 1540. The molecule has 0 saturated heterocycles. The Hall–Kier alpha value is -3.95. The quantitative estimate of drug-likeness (QED) is 0.331. The first-order valence-electron chi connectivity index (χ1n) is 10.2. The summed E-state index contributed by atoms with van der Waals surface area (Å²) in [5.74, 6) is 0.316. The Morgan fingerprint density at radius 2 is 1.85 bits per heavy atom. The van der Waals surface area contributed by atoms with Gasteiger partial charge in [0.05, 0.1) is 17.8 Å². The van der Waals surface area contributed by atoms with Crippen molar-refractivity contribution >= 4 is 62.5 Å². The number of amides is 1. The maximum atomic E-state index is 12.6. The van der Waals surface area contributed by atoms with Gasteiger partial charge in [0, 0.05) is 11.1 Å². The van der Waals surface area contributed by atoms with Crippen LogP contribution in [0.4, 0.5) is 5.69 Å². The van der Waals surface area contributed by atoms with Crippen LogP contribution in [0.15, 0.2) is 65.1 Å². The summed E-state index contributed by atoms with van der Waals surface area (Å²) in [6.07, 6.45) is 0. The molecule has 34 heavy (non-hydrogen) atoms. The van der Waals surface area contributed by atoms with Gasteiger partial charge in [-0.2, -0.15) is 4.80 Å². The number of anilines is 1. The molecule has 1 amide bonds. The Kier molecular flexibility index (Phi) is 5.64. The van der Waals surface area contributed by atoms with E-state index in [1.807, 2.05) is 43.3 Å². The van der Waals surface area contributed by atoms with Crippen molar-refractivity contribution < 1.29 is 13.9 Å². The van der Waals surface area contributed by atoms with E-state index in [0.29, 0.717) is 38.8 Å². The molecule has 0 unspecified atom stereocenters. The molecule has 5 rings (SSSR count). The third kappa shape index (κ3) is 4.18. The zero-order valence-corrected chi connectivity index (χ0v) is 19.7. The summed E-state index contributed by atoms with van der Waals surface area (Å²) in [6.45, 7) is 1.91. The maximum absolute atomic E-state index is 12.6. The van der Waals surface area contributed by atoms with Crippen LogP contribution in [0.2, 0.25) is 5.02 Å². The summed E-state index contributed by atoms with van der Waals surface area (Å²) in [6, 6.07) is 18.1. The van der Waals surface area contributed by atoms with E-state index >= 15 is 0 Å². The van der Waals surface area contributed by atoms with Gasteiger partial charge in [0.15, 0.2) is 10.9 Å². The number of rotatable bonds is 4. The number of thiocarbonyl (C=S) groups is 1. The minimum absolute atomic E-state index is 0.141. The summed E-state index contributed by atoms with van der Waals surface area (Å²) in [5.41, 5.74) is 4.25. The van der Waals surface area contributed by atoms with Crippen LogP contribution >= 0.6 is 23.8 Å². The molecule has 0 aliphatic rings. The number of para-hydroxylation sites is 1. The summed E-state index contributed by atoms with van der Waals surface area (Å²) in [4.78, 5) is 14.1. The van der Waals surface area contributed by atoms with E-state index in [1.54, 1.807) is 31.4 Å². The first-order valence-corrected chi connectivity index (χ1v) is 11.0. The van der Waals surface area contributed by atoms with Crippen molar-refractivity contribution in [1.29, 1.82) is 0 Å². The van der Waals surface area contributed by atoms with E-state index in [4.69, 9.17) is 33.0 Å². The number of hydrogen-bond donors (Lipinski definition) is 2. The van der Waals surface area contributed by atoms with E-state index in [1.165, 1.54) is 4.80 Å². The summed E-state index contributed by atoms with van der Waals surface area (Å²) in [7, 11) is 1.56. The van der Waals surface area contributed by atoms with Crippen molar-refractivity contribution in [1.82, 2.24) is 20.3 Å². The number of furan rings is 1. The summed E-state index contributed by atoms with van der Waals surface area (Å²) >= 11 is 11.6. The number of fused-ring (bicyclic) bond motifs is 2. The molecule has 0 spiro atoms. The number of halogens is 1. The van der Waals surface area contributed by atoms with Crippen LogP contribution in [0.3, 0.4) is 0 Å². The van der Waals surface area contributed by atoms with E-state index < -0.39 is 5.91 Å². The van der Waals surface area contributed by atoms with Gasteiger partial charge in [-0.25, -0.2) is 0 Å². The van der Waals surface area contributed by atoms with E-state index in [0.717, 1.165) is 10.9 Å². The average Bonchev–Trinajstić information content (AvgIpc) is 3.43. The number of carbonyl (C=O) groups excluding carboxylic acids is 1. The van der Waals surface area contributed by atoms with Crippen LogP contribution in [0.1, 0.15) is 16.1 Å².